The first-order valence-electron chi connectivity index (χ1n) is 9.81. The van der Waals surface area contributed by atoms with E-state index < -0.39 is 0 Å². The topological polar surface area (TPSA) is 72.6 Å². The third-order valence-corrected chi connectivity index (χ3v) is 3.98. The van der Waals surface area contributed by atoms with Crippen molar-refractivity contribution in [1.29, 1.82) is 0 Å². The maximum Gasteiger partial charge on any atom is 0.119 e. The zero-order valence-corrected chi connectivity index (χ0v) is 16.5. The lowest BCUT2D eigenvalue weighted by atomic mass is 10.1. The molecule has 0 saturated heterocycles. The maximum atomic E-state index is 8.58. The van der Waals surface area contributed by atoms with Crippen LogP contribution in [-0.4, -0.2) is 44.7 Å². The molecule has 152 valence electrons. The molecular formula is C22H30N2O4. The minimum Gasteiger partial charge on any atom is -0.491 e. The van der Waals surface area contributed by atoms with Crippen molar-refractivity contribution in [2.45, 2.75) is 26.2 Å². The van der Waals surface area contributed by atoms with Crippen LogP contribution < -0.4 is 4.74 Å². The molecule has 0 spiro atoms. The molecule has 0 aliphatic heterocycles. The van der Waals surface area contributed by atoms with Crippen LogP contribution in [0.25, 0.3) is 0 Å². The molecule has 0 amide bonds. The third kappa shape index (κ3) is 9.08. The molecule has 2 rings (SSSR count). The normalized spacial score (nSPS) is 11.2. The Balaban J connectivity index is 1.68. The molecule has 28 heavy (non-hydrogen) atoms. The third-order valence-electron chi connectivity index (χ3n) is 3.98. The fourth-order valence-electron chi connectivity index (χ4n) is 2.44. The van der Waals surface area contributed by atoms with Gasteiger partial charge in [-0.1, -0.05) is 25.5 Å². The zero-order valence-electron chi connectivity index (χ0n) is 16.5. The first-order valence-corrected chi connectivity index (χ1v) is 9.81. The molecule has 0 unspecified atom stereocenters. The first-order chi connectivity index (χ1) is 13.8. The van der Waals surface area contributed by atoms with E-state index in [2.05, 4.69) is 29.3 Å². The second-order valence-corrected chi connectivity index (χ2v) is 6.26. The van der Waals surface area contributed by atoms with E-state index in [1.807, 2.05) is 36.4 Å². The number of hydrogen-bond donors (Lipinski definition) is 1. The van der Waals surface area contributed by atoms with Crippen molar-refractivity contribution in [3.8, 4) is 5.75 Å². The molecule has 6 heteroatoms. The van der Waals surface area contributed by atoms with E-state index in [1.165, 1.54) is 18.4 Å². The molecule has 0 atom stereocenters. The summed E-state index contributed by atoms with van der Waals surface area (Å²) in [5.41, 5.74) is 2.96. The van der Waals surface area contributed by atoms with E-state index in [-0.39, 0.29) is 6.61 Å². The van der Waals surface area contributed by atoms with Gasteiger partial charge in [0.1, 0.15) is 12.4 Å². The van der Waals surface area contributed by atoms with Crippen LogP contribution in [0.3, 0.4) is 0 Å². The second-order valence-electron chi connectivity index (χ2n) is 6.26. The summed E-state index contributed by atoms with van der Waals surface area (Å²) in [7, 11) is 0. The Morgan fingerprint density at radius 1 is 0.750 bits per heavy atom. The SMILES string of the molecule is CCCCc1ccc(N=Nc2ccc(OCCOCCOCCO)cc2)cc1. The van der Waals surface area contributed by atoms with Gasteiger partial charge in [0.2, 0.25) is 0 Å². The van der Waals surface area contributed by atoms with Crippen molar-refractivity contribution in [2.75, 3.05) is 39.6 Å². The standard InChI is InChI=1S/C22H30N2O4/c1-2-3-4-19-5-7-20(8-6-19)23-24-21-9-11-22(12-10-21)28-18-17-27-16-15-26-14-13-25/h5-12,25H,2-4,13-18H2,1H3. The van der Waals surface area contributed by atoms with E-state index in [0.717, 1.165) is 23.5 Å². The summed E-state index contributed by atoms with van der Waals surface area (Å²) in [4.78, 5) is 0. The van der Waals surface area contributed by atoms with Gasteiger partial charge in [-0.2, -0.15) is 10.2 Å². The number of unbranched alkanes of at least 4 members (excludes halogenated alkanes) is 1. The minimum atomic E-state index is 0.0317. The smallest absolute Gasteiger partial charge is 0.119 e. The number of aryl methyl sites for hydroxylation is 1. The van der Waals surface area contributed by atoms with Crippen molar-refractivity contribution in [3.05, 3.63) is 54.1 Å². The summed E-state index contributed by atoms with van der Waals surface area (Å²) in [6.07, 6.45) is 3.52. The van der Waals surface area contributed by atoms with Gasteiger partial charge in [-0.3, -0.25) is 0 Å². The molecule has 0 aromatic heterocycles. The molecule has 2 aromatic carbocycles. The van der Waals surface area contributed by atoms with Crippen LogP contribution in [0.5, 0.6) is 5.75 Å². The molecular weight excluding hydrogens is 356 g/mol. The second kappa shape index (κ2) is 13.8. The molecule has 2 aromatic rings. The summed E-state index contributed by atoms with van der Waals surface area (Å²) in [5, 5.41) is 17.1. The van der Waals surface area contributed by atoms with Crippen LogP contribution in [0.15, 0.2) is 58.8 Å². The summed E-state index contributed by atoms with van der Waals surface area (Å²) in [6.45, 7) is 4.48. The van der Waals surface area contributed by atoms with Gasteiger partial charge < -0.3 is 19.3 Å². The molecule has 0 radical (unpaired) electrons. The molecule has 0 aliphatic carbocycles. The van der Waals surface area contributed by atoms with E-state index in [4.69, 9.17) is 19.3 Å². The number of aliphatic hydroxyl groups is 1. The molecule has 0 heterocycles. The average molecular weight is 386 g/mol. The van der Waals surface area contributed by atoms with Crippen LogP contribution in [0.2, 0.25) is 0 Å². The van der Waals surface area contributed by atoms with Crippen molar-refractivity contribution < 1.29 is 19.3 Å². The number of aliphatic hydroxyl groups excluding tert-OH is 1. The van der Waals surface area contributed by atoms with Crippen molar-refractivity contribution >= 4 is 11.4 Å². The van der Waals surface area contributed by atoms with Gasteiger partial charge in [0.05, 0.1) is 44.4 Å². The van der Waals surface area contributed by atoms with Crippen LogP contribution in [0.1, 0.15) is 25.3 Å². The highest BCUT2D eigenvalue weighted by molar-refractivity contribution is 5.43. The molecule has 6 nitrogen and oxygen atoms in total. The van der Waals surface area contributed by atoms with Gasteiger partial charge >= 0.3 is 0 Å². The summed E-state index contributed by atoms with van der Waals surface area (Å²) >= 11 is 0. The Morgan fingerprint density at radius 3 is 1.93 bits per heavy atom. The number of hydrogen-bond acceptors (Lipinski definition) is 6. The Kier molecular flexibility index (Phi) is 10.9. The van der Waals surface area contributed by atoms with Gasteiger partial charge in [-0.15, -0.1) is 0 Å². The average Bonchev–Trinajstić information content (AvgIpc) is 2.74. The lowest BCUT2D eigenvalue weighted by Crippen LogP contribution is -2.11. The quantitative estimate of drug-likeness (QED) is 0.372. The molecule has 0 aliphatic rings. The highest BCUT2D eigenvalue weighted by Gasteiger charge is 1.97. The predicted molar refractivity (Wildman–Crippen MR) is 110 cm³/mol. The highest BCUT2D eigenvalue weighted by Crippen LogP contribution is 2.22. The lowest BCUT2D eigenvalue weighted by Gasteiger charge is -2.07. The van der Waals surface area contributed by atoms with Crippen molar-refractivity contribution in [3.63, 3.8) is 0 Å². The number of ether oxygens (including phenoxy) is 3. The van der Waals surface area contributed by atoms with Gasteiger partial charge in [0.25, 0.3) is 0 Å². The molecule has 0 bridgehead atoms. The Morgan fingerprint density at radius 2 is 1.32 bits per heavy atom. The minimum absolute atomic E-state index is 0.0317. The van der Waals surface area contributed by atoms with E-state index >= 15 is 0 Å². The Labute approximate surface area is 167 Å². The Hall–Kier alpha value is -2.28. The first kappa shape index (κ1) is 22.0. The fourth-order valence-corrected chi connectivity index (χ4v) is 2.44. The predicted octanol–water partition coefficient (Wildman–Crippen LogP) is 4.85. The molecule has 0 saturated carbocycles. The number of nitrogens with zero attached hydrogens (tertiary/aromatic N) is 2. The van der Waals surface area contributed by atoms with Crippen LogP contribution >= 0.6 is 0 Å². The molecule has 0 fully saturated rings. The molecule has 1 N–H and O–H groups in total. The Bertz CT molecular complexity index is 672. The van der Waals surface area contributed by atoms with Crippen LogP contribution in [0.4, 0.5) is 11.4 Å². The van der Waals surface area contributed by atoms with E-state index in [1.54, 1.807) is 0 Å². The van der Waals surface area contributed by atoms with Gasteiger partial charge in [0, 0.05) is 0 Å². The van der Waals surface area contributed by atoms with Gasteiger partial charge in [-0.25, -0.2) is 0 Å². The monoisotopic (exact) mass is 386 g/mol. The van der Waals surface area contributed by atoms with Gasteiger partial charge in [0.15, 0.2) is 0 Å². The van der Waals surface area contributed by atoms with E-state index in [0.29, 0.717) is 33.0 Å². The largest absolute Gasteiger partial charge is 0.491 e. The van der Waals surface area contributed by atoms with Crippen LogP contribution in [-0.2, 0) is 15.9 Å². The van der Waals surface area contributed by atoms with Gasteiger partial charge in [-0.05, 0) is 54.8 Å². The maximum absolute atomic E-state index is 8.58. The summed E-state index contributed by atoms with van der Waals surface area (Å²) in [5.74, 6) is 0.763. The summed E-state index contributed by atoms with van der Waals surface area (Å²) < 4.78 is 16.1. The lowest BCUT2D eigenvalue weighted by molar-refractivity contribution is 0.0247. The van der Waals surface area contributed by atoms with Crippen molar-refractivity contribution in [2.24, 2.45) is 10.2 Å². The van der Waals surface area contributed by atoms with Crippen molar-refractivity contribution in [1.82, 2.24) is 0 Å². The number of azo groups is 1. The van der Waals surface area contributed by atoms with Crippen LogP contribution in [0, 0.1) is 0 Å². The van der Waals surface area contributed by atoms with E-state index in [9.17, 15) is 0 Å². The highest BCUT2D eigenvalue weighted by atomic mass is 16.5. The fraction of sp³-hybridized carbons (Fsp3) is 0.455. The zero-order chi connectivity index (χ0) is 19.9. The summed E-state index contributed by atoms with van der Waals surface area (Å²) in [6, 6.07) is 15.7. The number of benzene rings is 2. The number of rotatable bonds is 14.